The van der Waals surface area contributed by atoms with Gasteiger partial charge in [0.15, 0.2) is 0 Å². The van der Waals surface area contributed by atoms with Gasteiger partial charge in [0.1, 0.15) is 12.4 Å². The van der Waals surface area contributed by atoms with Crippen molar-refractivity contribution in [3.63, 3.8) is 0 Å². The first kappa shape index (κ1) is 13.2. The summed E-state index contributed by atoms with van der Waals surface area (Å²) in [6, 6.07) is 8.17. The van der Waals surface area contributed by atoms with Gasteiger partial charge in [-0.05, 0) is 25.0 Å². The fourth-order valence-corrected chi connectivity index (χ4v) is 2.24. The lowest BCUT2D eigenvalue weighted by Gasteiger charge is -2.37. The zero-order valence-electron chi connectivity index (χ0n) is 10.7. The number of benzene rings is 1. The van der Waals surface area contributed by atoms with E-state index < -0.39 is 0 Å². The van der Waals surface area contributed by atoms with Crippen LogP contribution in [-0.2, 0) is 0 Å². The molecule has 1 aromatic rings. The van der Waals surface area contributed by atoms with Gasteiger partial charge in [-0.25, -0.2) is 0 Å². The van der Waals surface area contributed by atoms with Crippen LogP contribution in [0, 0.1) is 0 Å². The first-order chi connectivity index (χ1) is 8.81. The lowest BCUT2D eigenvalue weighted by Crippen LogP contribution is -2.43. The van der Waals surface area contributed by atoms with E-state index in [0.717, 1.165) is 18.8 Å². The zero-order valence-corrected chi connectivity index (χ0v) is 10.7. The summed E-state index contributed by atoms with van der Waals surface area (Å²) in [5.74, 6) is 0.745. The van der Waals surface area contributed by atoms with Crippen LogP contribution < -0.4 is 10.5 Å². The van der Waals surface area contributed by atoms with Gasteiger partial charge in [0.2, 0.25) is 0 Å². The van der Waals surface area contributed by atoms with E-state index in [2.05, 4.69) is 4.90 Å². The van der Waals surface area contributed by atoms with E-state index in [9.17, 15) is 0 Å². The molecule has 0 unspecified atom stereocenters. The fourth-order valence-electron chi connectivity index (χ4n) is 2.24. The standard InChI is InChI=1S/C14H22N2O2/c15-13-6-1-2-7-14(13)18-11-9-16(8-10-17)12-4-3-5-12/h1-2,6-7,12,17H,3-5,8-11,15H2. The molecule has 4 heteroatoms. The number of rotatable bonds is 7. The molecule has 0 heterocycles. The van der Waals surface area contributed by atoms with Crippen molar-refractivity contribution in [3.05, 3.63) is 24.3 Å². The highest BCUT2D eigenvalue weighted by molar-refractivity contribution is 5.51. The maximum atomic E-state index is 9.06. The van der Waals surface area contributed by atoms with Gasteiger partial charge in [0, 0.05) is 19.1 Å². The Labute approximate surface area is 108 Å². The molecule has 18 heavy (non-hydrogen) atoms. The quantitative estimate of drug-likeness (QED) is 0.720. The van der Waals surface area contributed by atoms with Crippen molar-refractivity contribution in [2.75, 3.05) is 32.0 Å². The molecule has 0 amide bonds. The Morgan fingerprint density at radius 2 is 2.06 bits per heavy atom. The van der Waals surface area contributed by atoms with Gasteiger partial charge >= 0.3 is 0 Å². The summed E-state index contributed by atoms with van der Waals surface area (Å²) in [5.41, 5.74) is 6.49. The molecule has 1 aliphatic rings. The van der Waals surface area contributed by atoms with Gasteiger partial charge in [0.25, 0.3) is 0 Å². The molecule has 1 aromatic carbocycles. The highest BCUT2D eigenvalue weighted by Crippen LogP contribution is 2.24. The van der Waals surface area contributed by atoms with E-state index in [0.29, 0.717) is 18.3 Å². The molecule has 0 atom stereocenters. The SMILES string of the molecule is Nc1ccccc1OCCN(CCO)C1CCC1. The van der Waals surface area contributed by atoms with Crippen molar-refractivity contribution in [1.82, 2.24) is 4.90 Å². The molecule has 100 valence electrons. The van der Waals surface area contributed by atoms with Crippen LogP contribution in [0.4, 0.5) is 5.69 Å². The van der Waals surface area contributed by atoms with E-state index >= 15 is 0 Å². The molecule has 1 aliphatic carbocycles. The Kier molecular flexibility index (Phi) is 4.84. The van der Waals surface area contributed by atoms with Crippen molar-refractivity contribution in [2.24, 2.45) is 0 Å². The van der Waals surface area contributed by atoms with Crippen LogP contribution >= 0.6 is 0 Å². The van der Waals surface area contributed by atoms with Crippen molar-refractivity contribution in [2.45, 2.75) is 25.3 Å². The second-order valence-electron chi connectivity index (χ2n) is 4.73. The summed E-state index contributed by atoms with van der Waals surface area (Å²) in [6.07, 6.45) is 3.79. The molecule has 2 rings (SSSR count). The minimum absolute atomic E-state index is 0.212. The molecular weight excluding hydrogens is 228 g/mol. The van der Waals surface area contributed by atoms with Crippen molar-refractivity contribution in [1.29, 1.82) is 0 Å². The molecule has 0 aliphatic heterocycles. The summed E-state index contributed by atoms with van der Waals surface area (Å²) in [5, 5.41) is 9.06. The van der Waals surface area contributed by atoms with Crippen molar-refractivity contribution >= 4 is 5.69 Å². The molecule has 1 saturated carbocycles. The Bertz CT molecular complexity index is 367. The highest BCUT2D eigenvalue weighted by atomic mass is 16.5. The fraction of sp³-hybridized carbons (Fsp3) is 0.571. The van der Waals surface area contributed by atoms with E-state index in [1.807, 2.05) is 24.3 Å². The number of aliphatic hydroxyl groups excluding tert-OH is 1. The summed E-state index contributed by atoms with van der Waals surface area (Å²) >= 11 is 0. The topological polar surface area (TPSA) is 58.7 Å². The summed E-state index contributed by atoms with van der Waals surface area (Å²) in [7, 11) is 0. The van der Waals surface area contributed by atoms with Gasteiger partial charge in [0.05, 0.1) is 12.3 Å². The average Bonchev–Trinajstić information content (AvgIpc) is 2.29. The molecule has 4 nitrogen and oxygen atoms in total. The Balaban J connectivity index is 1.77. The summed E-state index contributed by atoms with van der Waals surface area (Å²) in [6.45, 7) is 2.41. The van der Waals surface area contributed by atoms with Crippen LogP contribution in [0.3, 0.4) is 0 Å². The molecule has 3 N–H and O–H groups in total. The molecule has 0 aromatic heterocycles. The number of hydrogen-bond acceptors (Lipinski definition) is 4. The number of nitrogens with two attached hydrogens (primary N) is 1. The van der Waals surface area contributed by atoms with Crippen molar-refractivity contribution in [3.8, 4) is 5.75 Å². The normalized spacial score (nSPS) is 15.7. The monoisotopic (exact) mass is 250 g/mol. The Hall–Kier alpha value is -1.26. The number of para-hydroxylation sites is 2. The van der Waals surface area contributed by atoms with Crippen LogP contribution in [0.1, 0.15) is 19.3 Å². The number of ether oxygens (including phenoxy) is 1. The van der Waals surface area contributed by atoms with E-state index in [1.165, 1.54) is 19.3 Å². The average molecular weight is 250 g/mol. The smallest absolute Gasteiger partial charge is 0.142 e. The Morgan fingerprint density at radius 3 is 2.67 bits per heavy atom. The van der Waals surface area contributed by atoms with Gasteiger partial charge in [-0.2, -0.15) is 0 Å². The van der Waals surface area contributed by atoms with Gasteiger partial charge < -0.3 is 15.6 Å². The van der Waals surface area contributed by atoms with Gasteiger partial charge in [-0.1, -0.05) is 18.6 Å². The lowest BCUT2D eigenvalue weighted by atomic mass is 9.91. The van der Waals surface area contributed by atoms with Gasteiger partial charge in [-0.15, -0.1) is 0 Å². The number of anilines is 1. The van der Waals surface area contributed by atoms with E-state index in [1.54, 1.807) is 0 Å². The molecule has 0 spiro atoms. The minimum Gasteiger partial charge on any atom is -0.490 e. The van der Waals surface area contributed by atoms with E-state index in [-0.39, 0.29) is 6.61 Å². The number of aliphatic hydroxyl groups is 1. The van der Waals surface area contributed by atoms with Gasteiger partial charge in [-0.3, -0.25) is 4.90 Å². The lowest BCUT2D eigenvalue weighted by molar-refractivity contribution is 0.0861. The van der Waals surface area contributed by atoms with Crippen LogP contribution in [0.5, 0.6) is 5.75 Å². The summed E-state index contributed by atoms with van der Waals surface area (Å²) in [4.78, 5) is 2.31. The molecular formula is C14H22N2O2. The maximum Gasteiger partial charge on any atom is 0.142 e. The first-order valence-corrected chi connectivity index (χ1v) is 6.63. The second-order valence-corrected chi connectivity index (χ2v) is 4.73. The summed E-state index contributed by atoms with van der Waals surface area (Å²) < 4.78 is 5.68. The number of nitrogen functional groups attached to an aromatic ring is 1. The van der Waals surface area contributed by atoms with Crippen molar-refractivity contribution < 1.29 is 9.84 Å². The molecule has 0 radical (unpaired) electrons. The van der Waals surface area contributed by atoms with Crippen LogP contribution in [0.2, 0.25) is 0 Å². The van der Waals surface area contributed by atoms with Crippen LogP contribution in [-0.4, -0.2) is 42.4 Å². The zero-order chi connectivity index (χ0) is 12.8. The largest absolute Gasteiger partial charge is 0.490 e. The highest BCUT2D eigenvalue weighted by Gasteiger charge is 2.24. The van der Waals surface area contributed by atoms with Crippen LogP contribution in [0.25, 0.3) is 0 Å². The number of nitrogens with zero attached hydrogens (tertiary/aromatic N) is 1. The predicted molar refractivity (Wildman–Crippen MR) is 72.6 cm³/mol. The molecule has 0 bridgehead atoms. The molecule has 0 saturated heterocycles. The third-order valence-electron chi connectivity index (χ3n) is 3.53. The minimum atomic E-state index is 0.212. The third kappa shape index (κ3) is 3.37. The molecule has 1 fully saturated rings. The van der Waals surface area contributed by atoms with E-state index in [4.69, 9.17) is 15.6 Å². The number of hydrogen-bond donors (Lipinski definition) is 2. The van der Waals surface area contributed by atoms with Crippen LogP contribution in [0.15, 0.2) is 24.3 Å². The maximum absolute atomic E-state index is 9.06. The Morgan fingerprint density at radius 1 is 1.28 bits per heavy atom. The predicted octanol–water partition coefficient (Wildman–Crippen LogP) is 1.49. The third-order valence-corrected chi connectivity index (χ3v) is 3.53. The second kappa shape index (κ2) is 6.61. The first-order valence-electron chi connectivity index (χ1n) is 6.63.